The van der Waals surface area contributed by atoms with Crippen molar-refractivity contribution in [3.63, 3.8) is 0 Å². The zero-order valence-electron chi connectivity index (χ0n) is 8.90. The summed E-state index contributed by atoms with van der Waals surface area (Å²) in [4.78, 5) is 8.20. The Kier molecular flexibility index (Phi) is 3.31. The third-order valence-corrected chi connectivity index (χ3v) is 3.77. The van der Waals surface area contributed by atoms with Gasteiger partial charge in [0, 0.05) is 6.26 Å². The van der Waals surface area contributed by atoms with Gasteiger partial charge in [-0.2, -0.15) is 31.8 Å². The molecule has 4 N–H and O–H groups in total. The third kappa shape index (κ3) is 3.93. The van der Waals surface area contributed by atoms with E-state index in [0.717, 1.165) is 0 Å². The maximum absolute atomic E-state index is 11.4. The number of hydrogen-bond acceptors (Lipinski definition) is 8. The molecule has 0 spiro atoms. The van der Waals surface area contributed by atoms with E-state index in [1.807, 2.05) is 0 Å². The van der Waals surface area contributed by atoms with Crippen molar-refractivity contribution in [2.45, 2.75) is 15.5 Å². The van der Waals surface area contributed by atoms with Crippen LogP contribution in [0, 0.1) is 0 Å². The second kappa shape index (κ2) is 3.95. The Bertz CT molecular complexity index is 742. The first-order chi connectivity index (χ1) is 8.07. The molecule has 1 rings (SSSR count). The van der Waals surface area contributed by atoms with Gasteiger partial charge in [0.2, 0.25) is 5.16 Å². The molecule has 0 aliphatic carbocycles. The highest BCUT2D eigenvalue weighted by molar-refractivity contribution is 8.09. The van der Waals surface area contributed by atoms with Gasteiger partial charge in [-0.15, -0.1) is 0 Å². The van der Waals surface area contributed by atoms with E-state index in [1.165, 1.54) is 0 Å². The molecule has 0 saturated heterocycles. The van der Waals surface area contributed by atoms with Crippen LogP contribution in [-0.4, -0.2) is 60.5 Å². The summed E-state index contributed by atoms with van der Waals surface area (Å²) in [5.74, 6) is 0. The second-order valence-electron chi connectivity index (χ2n) is 3.37. The average Bonchev–Trinajstić information content (AvgIpc) is 2.11. The van der Waals surface area contributed by atoms with Crippen LogP contribution in [0.2, 0.25) is 0 Å². The molecule has 0 aliphatic heterocycles. The SMILES string of the molecule is CS(=O)(O)(O)c1nc(S(=O)(=O)O)nc(S(=O)(=O)O)n1. The molecule has 0 bridgehead atoms. The van der Waals surface area contributed by atoms with Gasteiger partial charge in [-0.1, -0.05) is 0 Å². The molecule has 0 saturated carbocycles. The molecule has 0 unspecified atom stereocenters. The minimum Gasteiger partial charge on any atom is -0.302 e. The summed E-state index contributed by atoms with van der Waals surface area (Å²) in [6.07, 6.45) is 0.272. The fourth-order valence-electron chi connectivity index (χ4n) is 0.761. The Hall–Kier alpha value is -1.10. The van der Waals surface area contributed by atoms with Crippen LogP contribution in [0.4, 0.5) is 0 Å². The van der Waals surface area contributed by atoms with Crippen LogP contribution in [0.5, 0.6) is 0 Å². The van der Waals surface area contributed by atoms with Gasteiger partial charge in [-0.25, -0.2) is 4.21 Å². The Balaban J connectivity index is 3.87. The normalized spacial score (nSPS) is 15.7. The molecule has 12 nitrogen and oxygen atoms in total. The van der Waals surface area contributed by atoms with Crippen molar-refractivity contribution >= 4 is 29.9 Å². The summed E-state index contributed by atoms with van der Waals surface area (Å²) < 4.78 is 90.0. The van der Waals surface area contributed by atoms with Crippen molar-refractivity contribution in [3.8, 4) is 0 Å². The van der Waals surface area contributed by atoms with Gasteiger partial charge in [-0.05, 0) is 0 Å². The molecule has 1 aromatic rings. The van der Waals surface area contributed by atoms with Gasteiger partial charge >= 0.3 is 20.2 Å². The standard InChI is InChI=1S/C4H7N3O9S3/c1-19(14,15,16)4-6-2(17(8,9)10)5-3(7-4)18(11,12)13/h1H3,(H,8,9,10)(H,11,12,13)(H2,14,15,16). The summed E-state index contributed by atoms with van der Waals surface area (Å²) >= 11 is 0. The van der Waals surface area contributed by atoms with Crippen LogP contribution in [0.1, 0.15) is 0 Å². The largest absolute Gasteiger partial charge is 0.330 e. The minimum atomic E-state index is -5.73. The van der Waals surface area contributed by atoms with Crippen molar-refractivity contribution in [3.05, 3.63) is 0 Å². The fraction of sp³-hybridized carbons (Fsp3) is 0.250. The zero-order chi connectivity index (χ0) is 15.3. The molecule has 15 heteroatoms. The van der Waals surface area contributed by atoms with Gasteiger partial charge < -0.3 is 9.11 Å². The lowest BCUT2D eigenvalue weighted by atomic mass is 11.1. The van der Waals surface area contributed by atoms with Crippen molar-refractivity contribution in [1.29, 1.82) is 0 Å². The number of aromatic nitrogens is 3. The molecular formula is C4H7N3O9S3. The minimum absolute atomic E-state index is 0.272. The van der Waals surface area contributed by atoms with Crippen LogP contribution < -0.4 is 0 Å². The van der Waals surface area contributed by atoms with Crippen LogP contribution >= 0.6 is 0 Å². The van der Waals surface area contributed by atoms with Gasteiger partial charge in [0.05, 0.1) is 0 Å². The monoisotopic (exact) mass is 337 g/mol. The molecule has 0 aliphatic rings. The molecular weight excluding hydrogens is 330 g/mol. The highest BCUT2D eigenvalue weighted by Gasteiger charge is 2.34. The van der Waals surface area contributed by atoms with Crippen molar-refractivity contribution in [2.75, 3.05) is 6.26 Å². The van der Waals surface area contributed by atoms with E-state index in [1.54, 1.807) is 0 Å². The molecule has 1 heterocycles. The molecule has 1 aromatic heterocycles. The quantitative estimate of drug-likeness (QED) is 0.447. The highest BCUT2D eigenvalue weighted by atomic mass is 32.3. The molecule has 0 fully saturated rings. The fourth-order valence-corrected chi connectivity index (χ4v) is 2.34. The first kappa shape index (κ1) is 16.0. The third-order valence-electron chi connectivity index (χ3n) is 1.46. The maximum Gasteiger partial charge on any atom is 0.330 e. The van der Waals surface area contributed by atoms with Gasteiger partial charge in [0.25, 0.3) is 10.3 Å². The number of hydrogen-bond donors (Lipinski definition) is 4. The summed E-state index contributed by atoms with van der Waals surface area (Å²) in [7, 11) is -16.1. The summed E-state index contributed by atoms with van der Waals surface area (Å²) in [5.41, 5.74) is 0. The van der Waals surface area contributed by atoms with Crippen LogP contribution in [-0.2, 0) is 29.9 Å². The van der Waals surface area contributed by atoms with Crippen LogP contribution in [0.3, 0.4) is 0 Å². The molecule has 0 aromatic carbocycles. The summed E-state index contributed by atoms with van der Waals surface area (Å²) in [5, 5.41) is -4.81. The van der Waals surface area contributed by atoms with Crippen LogP contribution in [0.25, 0.3) is 0 Å². The Morgan fingerprint density at radius 3 is 1.42 bits per heavy atom. The smallest absolute Gasteiger partial charge is 0.302 e. The van der Waals surface area contributed by atoms with E-state index in [2.05, 4.69) is 15.0 Å². The number of rotatable bonds is 3. The maximum atomic E-state index is 11.4. The van der Waals surface area contributed by atoms with Gasteiger partial charge in [0.1, 0.15) is 9.63 Å². The van der Waals surface area contributed by atoms with E-state index in [0.29, 0.717) is 0 Å². The highest BCUT2D eigenvalue weighted by Crippen LogP contribution is 2.22. The van der Waals surface area contributed by atoms with Crippen molar-refractivity contribution < 1.29 is 39.3 Å². The summed E-state index contributed by atoms with van der Waals surface area (Å²) in [6.45, 7) is 0. The van der Waals surface area contributed by atoms with Crippen molar-refractivity contribution in [2.24, 2.45) is 0 Å². The second-order valence-corrected chi connectivity index (χ2v) is 8.83. The van der Waals surface area contributed by atoms with Crippen molar-refractivity contribution in [1.82, 2.24) is 15.0 Å². The van der Waals surface area contributed by atoms with Gasteiger partial charge in [0.15, 0.2) is 0 Å². The predicted octanol–water partition coefficient (Wildman–Crippen LogP) is -1.88. The zero-order valence-corrected chi connectivity index (χ0v) is 11.3. The van der Waals surface area contributed by atoms with E-state index in [9.17, 15) is 21.0 Å². The Labute approximate surface area is 106 Å². The van der Waals surface area contributed by atoms with E-state index in [4.69, 9.17) is 18.2 Å². The Morgan fingerprint density at radius 2 is 1.21 bits per heavy atom. The first-order valence-corrected chi connectivity index (χ1v) is 9.09. The predicted molar refractivity (Wildman–Crippen MR) is 57.0 cm³/mol. The van der Waals surface area contributed by atoms with E-state index < -0.39 is 45.3 Å². The summed E-state index contributed by atoms with van der Waals surface area (Å²) in [6, 6.07) is 0. The van der Waals surface area contributed by atoms with E-state index >= 15 is 0 Å². The average molecular weight is 337 g/mol. The lowest BCUT2D eigenvalue weighted by Crippen LogP contribution is -2.33. The molecule has 0 amide bonds. The van der Waals surface area contributed by atoms with Gasteiger partial charge in [-0.3, -0.25) is 9.11 Å². The topological polar surface area (TPSA) is 205 Å². The lowest BCUT2D eigenvalue weighted by molar-refractivity contribution is 0.381. The molecule has 19 heavy (non-hydrogen) atoms. The molecule has 110 valence electrons. The Morgan fingerprint density at radius 1 is 0.895 bits per heavy atom. The lowest BCUT2D eigenvalue weighted by Gasteiger charge is -2.22. The number of nitrogens with zero attached hydrogens (tertiary/aromatic N) is 3. The first-order valence-electron chi connectivity index (χ1n) is 3.93. The van der Waals surface area contributed by atoms with Crippen LogP contribution in [0.15, 0.2) is 15.5 Å². The van der Waals surface area contributed by atoms with E-state index in [-0.39, 0.29) is 6.26 Å². The molecule has 0 atom stereocenters. The molecule has 0 radical (unpaired) electrons.